The maximum absolute atomic E-state index is 13.0. The van der Waals surface area contributed by atoms with Crippen molar-refractivity contribution in [2.75, 3.05) is 24.5 Å². The Kier molecular flexibility index (Phi) is 6.72. The fourth-order valence-electron chi connectivity index (χ4n) is 3.59. The van der Waals surface area contributed by atoms with E-state index in [2.05, 4.69) is 4.74 Å². The molecule has 3 rings (SSSR count). The number of ether oxygens (including phenoxy) is 1. The second-order valence-electron chi connectivity index (χ2n) is 6.84. The van der Waals surface area contributed by atoms with Gasteiger partial charge in [-0.05, 0) is 60.9 Å². The monoisotopic (exact) mass is 438 g/mol. The van der Waals surface area contributed by atoms with Crippen molar-refractivity contribution in [1.82, 2.24) is 4.31 Å². The van der Waals surface area contributed by atoms with E-state index in [0.29, 0.717) is 43.7 Å². The smallest absolute Gasteiger partial charge is 0.387 e. The van der Waals surface area contributed by atoms with Crippen LogP contribution in [0.4, 0.5) is 14.5 Å². The molecule has 1 amide bonds. The highest BCUT2D eigenvalue weighted by Gasteiger charge is 2.27. The van der Waals surface area contributed by atoms with Crippen molar-refractivity contribution in [3.63, 3.8) is 0 Å². The van der Waals surface area contributed by atoms with Crippen molar-refractivity contribution in [3.8, 4) is 5.75 Å². The molecule has 0 aliphatic carbocycles. The lowest BCUT2D eigenvalue weighted by molar-refractivity contribution is -0.0498. The van der Waals surface area contributed by atoms with Gasteiger partial charge in [0, 0.05) is 30.9 Å². The molecule has 0 radical (unpaired) electrons. The zero-order valence-electron chi connectivity index (χ0n) is 16.8. The molecule has 0 saturated carbocycles. The number of anilines is 1. The first kappa shape index (κ1) is 22.2. The van der Waals surface area contributed by atoms with Gasteiger partial charge in [0.2, 0.25) is 10.0 Å². The number of hydrogen-bond acceptors (Lipinski definition) is 4. The Morgan fingerprint density at radius 1 is 1.13 bits per heavy atom. The number of alkyl halides is 2. The summed E-state index contributed by atoms with van der Waals surface area (Å²) in [6.07, 6.45) is 1.36. The van der Waals surface area contributed by atoms with Crippen LogP contribution in [-0.2, 0) is 16.4 Å². The SMILES string of the molecule is CCN(CC)S(=O)(=O)c1ccc2c(c1)CCCN2C(=O)c1ccc(OC(F)F)cc1. The molecule has 0 saturated heterocycles. The zero-order chi connectivity index (χ0) is 21.9. The molecule has 1 aliphatic heterocycles. The minimum atomic E-state index is -3.58. The van der Waals surface area contributed by atoms with Crippen LogP contribution in [0.15, 0.2) is 47.4 Å². The average molecular weight is 438 g/mol. The minimum absolute atomic E-state index is 0.0214. The number of rotatable bonds is 7. The van der Waals surface area contributed by atoms with Crippen molar-refractivity contribution in [1.29, 1.82) is 0 Å². The lowest BCUT2D eigenvalue weighted by atomic mass is 10.0. The molecular weight excluding hydrogens is 414 g/mol. The predicted molar refractivity (Wildman–Crippen MR) is 110 cm³/mol. The predicted octanol–water partition coefficient (Wildman–Crippen LogP) is 3.91. The number of halogens is 2. The molecule has 2 aromatic carbocycles. The number of nitrogens with zero attached hydrogens (tertiary/aromatic N) is 2. The Labute approximate surface area is 175 Å². The molecule has 0 N–H and O–H groups in total. The Balaban J connectivity index is 1.88. The van der Waals surface area contributed by atoms with Crippen LogP contribution in [-0.4, -0.2) is 44.9 Å². The van der Waals surface area contributed by atoms with Crippen LogP contribution in [0.2, 0.25) is 0 Å². The minimum Gasteiger partial charge on any atom is -0.435 e. The molecule has 1 heterocycles. The van der Waals surface area contributed by atoms with Gasteiger partial charge in [-0.15, -0.1) is 0 Å². The summed E-state index contributed by atoms with van der Waals surface area (Å²) in [5.74, 6) is -0.300. The topological polar surface area (TPSA) is 66.9 Å². The number of hydrogen-bond donors (Lipinski definition) is 0. The van der Waals surface area contributed by atoms with Gasteiger partial charge < -0.3 is 9.64 Å². The van der Waals surface area contributed by atoms with E-state index in [-0.39, 0.29) is 16.6 Å². The van der Waals surface area contributed by atoms with Gasteiger partial charge in [-0.3, -0.25) is 4.79 Å². The van der Waals surface area contributed by atoms with E-state index < -0.39 is 16.6 Å². The first-order valence-electron chi connectivity index (χ1n) is 9.77. The van der Waals surface area contributed by atoms with Crippen molar-refractivity contribution in [2.45, 2.75) is 38.2 Å². The van der Waals surface area contributed by atoms with Gasteiger partial charge in [0.15, 0.2) is 0 Å². The summed E-state index contributed by atoms with van der Waals surface area (Å²) >= 11 is 0. The van der Waals surface area contributed by atoms with Gasteiger partial charge in [-0.25, -0.2) is 8.42 Å². The molecule has 0 bridgehead atoms. The number of benzene rings is 2. The molecule has 0 fully saturated rings. The molecule has 0 spiro atoms. The second kappa shape index (κ2) is 9.09. The summed E-state index contributed by atoms with van der Waals surface area (Å²) in [5, 5.41) is 0. The number of fused-ring (bicyclic) bond motifs is 1. The van der Waals surface area contributed by atoms with Gasteiger partial charge in [0.05, 0.1) is 4.90 Å². The van der Waals surface area contributed by atoms with E-state index in [1.807, 2.05) is 0 Å². The van der Waals surface area contributed by atoms with Crippen molar-refractivity contribution >= 4 is 21.6 Å². The Morgan fingerprint density at radius 3 is 2.40 bits per heavy atom. The third-order valence-electron chi connectivity index (χ3n) is 5.08. The first-order chi connectivity index (χ1) is 14.3. The standard InChI is InChI=1S/C21H24F2N2O4S/c1-3-24(4-2)30(27,28)18-11-12-19-16(14-18)6-5-13-25(19)20(26)15-7-9-17(10-8-15)29-21(22)23/h7-12,14,21H,3-6,13H2,1-2H3. The molecule has 162 valence electrons. The van der Waals surface area contributed by atoms with Crippen LogP contribution in [0.25, 0.3) is 0 Å². The molecule has 1 aliphatic rings. The van der Waals surface area contributed by atoms with Gasteiger partial charge >= 0.3 is 6.61 Å². The summed E-state index contributed by atoms with van der Waals surface area (Å²) in [6, 6.07) is 10.4. The Morgan fingerprint density at radius 2 is 1.80 bits per heavy atom. The fraction of sp³-hybridized carbons (Fsp3) is 0.381. The maximum Gasteiger partial charge on any atom is 0.387 e. The number of aryl methyl sites for hydroxylation is 1. The summed E-state index contributed by atoms with van der Waals surface area (Å²) in [6.45, 7) is 1.90. The molecule has 30 heavy (non-hydrogen) atoms. The molecule has 9 heteroatoms. The molecule has 2 aromatic rings. The summed E-state index contributed by atoms with van der Waals surface area (Å²) in [5.41, 5.74) is 1.79. The van der Waals surface area contributed by atoms with Crippen LogP contribution >= 0.6 is 0 Å². The van der Waals surface area contributed by atoms with E-state index in [1.165, 1.54) is 34.6 Å². The van der Waals surface area contributed by atoms with Gasteiger partial charge in [-0.1, -0.05) is 13.8 Å². The quantitative estimate of drug-likeness (QED) is 0.657. The fourth-order valence-corrected chi connectivity index (χ4v) is 5.10. The summed E-state index contributed by atoms with van der Waals surface area (Å²) in [7, 11) is -3.58. The molecule has 0 unspecified atom stereocenters. The number of carbonyl (C=O) groups is 1. The Bertz CT molecular complexity index is 1010. The van der Waals surface area contributed by atoms with Crippen LogP contribution in [0.1, 0.15) is 36.2 Å². The van der Waals surface area contributed by atoms with Crippen LogP contribution in [0, 0.1) is 0 Å². The average Bonchev–Trinajstić information content (AvgIpc) is 2.73. The lowest BCUT2D eigenvalue weighted by Gasteiger charge is -2.30. The van der Waals surface area contributed by atoms with Crippen molar-refractivity contribution in [3.05, 3.63) is 53.6 Å². The highest BCUT2D eigenvalue weighted by molar-refractivity contribution is 7.89. The van der Waals surface area contributed by atoms with Crippen molar-refractivity contribution < 1.29 is 26.7 Å². The third kappa shape index (κ3) is 4.46. The summed E-state index contributed by atoms with van der Waals surface area (Å²) in [4.78, 5) is 14.8. The lowest BCUT2D eigenvalue weighted by Crippen LogP contribution is -2.36. The van der Waals surface area contributed by atoms with Crippen LogP contribution in [0.3, 0.4) is 0 Å². The van der Waals surface area contributed by atoms with Crippen LogP contribution < -0.4 is 9.64 Å². The normalized spacial score (nSPS) is 14.1. The Hall–Kier alpha value is -2.52. The van der Waals surface area contributed by atoms with Crippen LogP contribution in [0.5, 0.6) is 5.75 Å². The third-order valence-corrected chi connectivity index (χ3v) is 7.13. The largest absolute Gasteiger partial charge is 0.435 e. The van der Waals surface area contributed by atoms with E-state index in [0.717, 1.165) is 5.56 Å². The van der Waals surface area contributed by atoms with E-state index in [1.54, 1.807) is 30.9 Å². The highest BCUT2D eigenvalue weighted by atomic mass is 32.2. The first-order valence-corrected chi connectivity index (χ1v) is 11.2. The number of sulfonamides is 1. The van der Waals surface area contributed by atoms with Gasteiger partial charge in [0.25, 0.3) is 5.91 Å². The van der Waals surface area contributed by atoms with Gasteiger partial charge in [0.1, 0.15) is 5.75 Å². The maximum atomic E-state index is 13.0. The second-order valence-corrected chi connectivity index (χ2v) is 8.78. The van der Waals surface area contributed by atoms with E-state index in [4.69, 9.17) is 0 Å². The zero-order valence-corrected chi connectivity index (χ0v) is 17.7. The molecule has 0 atom stereocenters. The van der Waals surface area contributed by atoms with Crippen molar-refractivity contribution in [2.24, 2.45) is 0 Å². The number of amides is 1. The highest BCUT2D eigenvalue weighted by Crippen LogP contribution is 2.31. The molecule has 6 nitrogen and oxygen atoms in total. The molecular formula is C21H24F2N2O4S. The summed E-state index contributed by atoms with van der Waals surface area (Å²) < 4.78 is 55.9. The van der Waals surface area contributed by atoms with E-state index in [9.17, 15) is 22.0 Å². The molecule has 0 aromatic heterocycles. The van der Waals surface area contributed by atoms with Gasteiger partial charge in [-0.2, -0.15) is 13.1 Å². The number of carbonyl (C=O) groups excluding carboxylic acids is 1. The van der Waals surface area contributed by atoms with E-state index >= 15 is 0 Å².